The van der Waals surface area contributed by atoms with Gasteiger partial charge < -0.3 is 9.63 Å². The third kappa shape index (κ3) is 2.22. The normalized spacial score (nSPS) is 11.2. The van der Waals surface area contributed by atoms with Crippen molar-refractivity contribution in [2.24, 2.45) is 0 Å². The summed E-state index contributed by atoms with van der Waals surface area (Å²) in [7, 11) is 0. The molecule has 2 heterocycles. The van der Waals surface area contributed by atoms with Crippen molar-refractivity contribution in [1.29, 1.82) is 0 Å². The lowest BCUT2D eigenvalue weighted by Gasteiger charge is -2.10. The van der Waals surface area contributed by atoms with Gasteiger partial charge in [-0.05, 0) is 24.6 Å². The van der Waals surface area contributed by atoms with Gasteiger partial charge in [-0.1, -0.05) is 41.6 Å². The number of aryl methyl sites for hydroxylation is 1. The predicted octanol–water partition coefficient (Wildman–Crippen LogP) is 3.97. The summed E-state index contributed by atoms with van der Waals surface area (Å²) in [5, 5.41) is 15.2. The third-order valence-corrected chi connectivity index (χ3v) is 4.18. The fourth-order valence-corrected chi connectivity index (χ4v) is 3.09. The van der Waals surface area contributed by atoms with E-state index in [1.807, 2.05) is 48.5 Å². The van der Waals surface area contributed by atoms with E-state index in [4.69, 9.17) is 4.52 Å². The summed E-state index contributed by atoms with van der Waals surface area (Å²) in [5.41, 5.74) is 3.27. The van der Waals surface area contributed by atoms with E-state index < -0.39 is 5.97 Å². The quantitative estimate of drug-likeness (QED) is 0.578. The topological polar surface area (TPSA) is 76.2 Å². The van der Waals surface area contributed by atoms with Gasteiger partial charge in [0.15, 0.2) is 5.76 Å². The number of carboxylic acids is 1. The monoisotopic (exact) mass is 318 g/mol. The SMILES string of the molecule is Cc1noc(Cc2c3ccccc3nc3ccccc23)c1C(=O)O. The van der Waals surface area contributed by atoms with Gasteiger partial charge in [0, 0.05) is 17.2 Å². The van der Waals surface area contributed by atoms with Gasteiger partial charge in [0.2, 0.25) is 0 Å². The second kappa shape index (κ2) is 5.45. The lowest BCUT2D eigenvalue weighted by atomic mass is 9.97. The molecule has 0 unspecified atom stereocenters. The summed E-state index contributed by atoms with van der Waals surface area (Å²) in [4.78, 5) is 16.2. The Morgan fingerprint density at radius 2 is 1.62 bits per heavy atom. The zero-order valence-electron chi connectivity index (χ0n) is 13.0. The second-order valence-corrected chi connectivity index (χ2v) is 5.67. The maximum Gasteiger partial charge on any atom is 0.341 e. The number of carboxylic acid groups (broad SMARTS) is 1. The molecule has 24 heavy (non-hydrogen) atoms. The Kier molecular flexibility index (Phi) is 3.27. The molecule has 0 saturated heterocycles. The van der Waals surface area contributed by atoms with Crippen LogP contribution in [0.15, 0.2) is 53.1 Å². The summed E-state index contributed by atoms with van der Waals surface area (Å²) < 4.78 is 5.31. The van der Waals surface area contributed by atoms with Gasteiger partial charge >= 0.3 is 5.97 Å². The van der Waals surface area contributed by atoms with Gasteiger partial charge in [-0.25, -0.2) is 9.78 Å². The van der Waals surface area contributed by atoms with E-state index in [0.29, 0.717) is 17.9 Å². The van der Waals surface area contributed by atoms with E-state index in [9.17, 15) is 9.90 Å². The van der Waals surface area contributed by atoms with Crippen LogP contribution in [-0.4, -0.2) is 21.2 Å². The number of fused-ring (bicyclic) bond motifs is 2. The first-order valence-electron chi connectivity index (χ1n) is 7.60. The molecule has 118 valence electrons. The predicted molar refractivity (Wildman–Crippen MR) is 90.3 cm³/mol. The summed E-state index contributed by atoms with van der Waals surface area (Å²) in [6.45, 7) is 1.64. The highest BCUT2D eigenvalue weighted by atomic mass is 16.5. The van der Waals surface area contributed by atoms with Crippen molar-refractivity contribution < 1.29 is 14.4 Å². The molecule has 0 bridgehead atoms. The fraction of sp³-hybridized carbons (Fsp3) is 0.105. The van der Waals surface area contributed by atoms with E-state index in [0.717, 1.165) is 27.4 Å². The maximum absolute atomic E-state index is 11.5. The van der Waals surface area contributed by atoms with Gasteiger partial charge in [0.05, 0.1) is 16.7 Å². The maximum atomic E-state index is 11.5. The highest BCUT2D eigenvalue weighted by Gasteiger charge is 2.21. The van der Waals surface area contributed by atoms with E-state index in [1.54, 1.807) is 6.92 Å². The fourth-order valence-electron chi connectivity index (χ4n) is 3.09. The average Bonchev–Trinajstić information content (AvgIpc) is 2.95. The number of aromatic carboxylic acids is 1. The van der Waals surface area contributed by atoms with Crippen LogP contribution in [0.1, 0.15) is 27.4 Å². The summed E-state index contributed by atoms with van der Waals surface area (Å²) >= 11 is 0. The molecule has 0 amide bonds. The molecule has 0 spiro atoms. The first-order valence-corrected chi connectivity index (χ1v) is 7.60. The molecule has 2 aromatic heterocycles. The van der Waals surface area contributed by atoms with E-state index >= 15 is 0 Å². The molecule has 5 nitrogen and oxygen atoms in total. The first-order chi connectivity index (χ1) is 11.6. The van der Waals surface area contributed by atoms with Crippen LogP contribution < -0.4 is 0 Å². The summed E-state index contributed by atoms with van der Waals surface area (Å²) in [5.74, 6) is -0.659. The largest absolute Gasteiger partial charge is 0.477 e. The third-order valence-electron chi connectivity index (χ3n) is 4.18. The van der Waals surface area contributed by atoms with Crippen LogP contribution in [0, 0.1) is 6.92 Å². The Morgan fingerprint density at radius 3 is 2.21 bits per heavy atom. The Bertz CT molecular complexity index is 1030. The number of pyridine rings is 1. The summed E-state index contributed by atoms with van der Waals surface area (Å²) in [6.07, 6.45) is 0.353. The molecule has 0 atom stereocenters. The minimum absolute atomic E-state index is 0.139. The Morgan fingerprint density at radius 1 is 1.04 bits per heavy atom. The number of nitrogens with zero attached hydrogens (tertiary/aromatic N) is 2. The molecule has 1 N–H and O–H groups in total. The molecule has 0 aliphatic heterocycles. The number of hydrogen-bond donors (Lipinski definition) is 1. The van der Waals surface area contributed by atoms with Gasteiger partial charge in [0.25, 0.3) is 0 Å². The Hall–Kier alpha value is -3.21. The van der Waals surface area contributed by atoms with Crippen LogP contribution in [0.4, 0.5) is 0 Å². The molecule has 4 aromatic rings. The van der Waals surface area contributed by atoms with Crippen LogP contribution in [0.3, 0.4) is 0 Å². The zero-order valence-corrected chi connectivity index (χ0v) is 13.0. The van der Waals surface area contributed by atoms with E-state index in [1.165, 1.54) is 0 Å². The number of para-hydroxylation sites is 2. The molecule has 0 aliphatic rings. The van der Waals surface area contributed by atoms with Crippen molar-refractivity contribution in [3.63, 3.8) is 0 Å². The van der Waals surface area contributed by atoms with Gasteiger partial charge in [0.1, 0.15) is 5.56 Å². The van der Waals surface area contributed by atoms with Crippen molar-refractivity contribution in [3.05, 3.63) is 71.1 Å². The van der Waals surface area contributed by atoms with Crippen LogP contribution in [0.5, 0.6) is 0 Å². The van der Waals surface area contributed by atoms with E-state index in [-0.39, 0.29) is 5.56 Å². The first kappa shape index (κ1) is 14.4. The van der Waals surface area contributed by atoms with E-state index in [2.05, 4.69) is 10.1 Å². The van der Waals surface area contributed by atoms with Crippen molar-refractivity contribution >= 4 is 27.8 Å². The highest BCUT2D eigenvalue weighted by molar-refractivity contribution is 5.98. The minimum Gasteiger partial charge on any atom is -0.477 e. The molecule has 0 saturated carbocycles. The molecule has 0 aliphatic carbocycles. The van der Waals surface area contributed by atoms with Crippen LogP contribution in [-0.2, 0) is 6.42 Å². The average molecular weight is 318 g/mol. The van der Waals surface area contributed by atoms with Crippen molar-refractivity contribution in [2.45, 2.75) is 13.3 Å². The van der Waals surface area contributed by atoms with Crippen molar-refractivity contribution in [1.82, 2.24) is 10.1 Å². The second-order valence-electron chi connectivity index (χ2n) is 5.67. The number of benzene rings is 2. The molecule has 2 aromatic carbocycles. The van der Waals surface area contributed by atoms with Crippen LogP contribution in [0.25, 0.3) is 21.8 Å². The highest BCUT2D eigenvalue weighted by Crippen LogP contribution is 2.29. The molecule has 5 heteroatoms. The number of rotatable bonds is 3. The van der Waals surface area contributed by atoms with Crippen molar-refractivity contribution in [3.8, 4) is 0 Å². The van der Waals surface area contributed by atoms with Crippen LogP contribution >= 0.6 is 0 Å². The minimum atomic E-state index is -1.02. The number of carbonyl (C=O) groups is 1. The van der Waals surface area contributed by atoms with Gasteiger partial charge in [-0.2, -0.15) is 0 Å². The molecular formula is C19H14N2O3. The summed E-state index contributed by atoms with van der Waals surface area (Å²) in [6, 6.07) is 15.7. The Labute approximate surface area is 137 Å². The van der Waals surface area contributed by atoms with Gasteiger partial charge in [-0.3, -0.25) is 0 Å². The Balaban J connectivity index is 1.99. The molecule has 0 fully saturated rings. The standard InChI is InChI=1S/C19H14N2O3/c1-11-18(19(22)23)17(24-21-11)10-14-12-6-2-4-8-15(12)20-16-9-5-3-7-13(14)16/h2-9H,10H2,1H3,(H,22,23). The lowest BCUT2D eigenvalue weighted by molar-refractivity contribution is 0.0694. The van der Waals surface area contributed by atoms with Gasteiger partial charge in [-0.15, -0.1) is 0 Å². The molecule has 0 radical (unpaired) electrons. The van der Waals surface area contributed by atoms with Crippen LogP contribution in [0.2, 0.25) is 0 Å². The lowest BCUT2D eigenvalue weighted by Crippen LogP contribution is -2.03. The number of hydrogen-bond acceptors (Lipinski definition) is 4. The smallest absolute Gasteiger partial charge is 0.341 e. The molecule has 4 rings (SSSR count). The molecular weight excluding hydrogens is 304 g/mol. The number of aromatic nitrogens is 2. The van der Waals surface area contributed by atoms with Crippen molar-refractivity contribution in [2.75, 3.05) is 0 Å². The zero-order chi connectivity index (χ0) is 16.7.